The molecule has 1 aromatic rings. The number of aromatic nitrogens is 1. The summed E-state index contributed by atoms with van der Waals surface area (Å²) in [6.07, 6.45) is 1.61. The molecule has 2 N–H and O–H groups in total. The third kappa shape index (κ3) is 3.49. The number of hydrogen-bond donors (Lipinski definition) is 2. The lowest BCUT2D eigenvalue weighted by molar-refractivity contribution is -0.0864. The summed E-state index contributed by atoms with van der Waals surface area (Å²) in [5.41, 5.74) is 0.757. The maximum Gasteiger partial charge on any atom is 0.337 e. The van der Waals surface area contributed by atoms with Crippen LogP contribution in [0.15, 0.2) is 18.3 Å². The summed E-state index contributed by atoms with van der Waals surface area (Å²) in [7, 11) is 0. The van der Waals surface area contributed by atoms with Gasteiger partial charge in [-0.05, 0) is 12.1 Å². The largest absolute Gasteiger partial charge is 0.478 e. The Kier molecular flexibility index (Phi) is 4.63. The maximum absolute atomic E-state index is 11.0. The minimum atomic E-state index is -0.961. The molecule has 6 nitrogen and oxygen atoms in total. The Hall–Kier alpha value is -1.50. The molecule has 1 saturated heterocycles. The van der Waals surface area contributed by atoms with Crippen LogP contribution in [-0.2, 0) is 16.0 Å². The Morgan fingerprint density at radius 3 is 3.17 bits per heavy atom. The number of carboxylic acids is 1. The van der Waals surface area contributed by atoms with E-state index in [0.29, 0.717) is 38.6 Å². The zero-order valence-corrected chi connectivity index (χ0v) is 9.96. The Morgan fingerprint density at radius 1 is 1.56 bits per heavy atom. The van der Waals surface area contributed by atoms with Gasteiger partial charge in [0.15, 0.2) is 0 Å². The van der Waals surface area contributed by atoms with Crippen LogP contribution in [0.2, 0.25) is 0 Å². The summed E-state index contributed by atoms with van der Waals surface area (Å²) in [5, 5.41) is 12.1. The minimum absolute atomic E-state index is 0.0238. The van der Waals surface area contributed by atoms with Crippen molar-refractivity contribution in [2.75, 3.05) is 26.4 Å². The van der Waals surface area contributed by atoms with Gasteiger partial charge in [-0.1, -0.05) is 0 Å². The Bertz CT molecular complexity index is 405. The van der Waals surface area contributed by atoms with E-state index in [1.54, 1.807) is 18.3 Å². The molecule has 1 aromatic heterocycles. The first-order chi connectivity index (χ1) is 8.77. The summed E-state index contributed by atoms with van der Waals surface area (Å²) < 4.78 is 10.7. The van der Waals surface area contributed by atoms with Crippen molar-refractivity contribution in [1.29, 1.82) is 0 Å². The van der Waals surface area contributed by atoms with Crippen molar-refractivity contribution in [3.05, 3.63) is 29.6 Å². The number of rotatable bonds is 5. The van der Waals surface area contributed by atoms with Gasteiger partial charge in [0.2, 0.25) is 0 Å². The van der Waals surface area contributed by atoms with Gasteiger partial charge in [0, 0.05) is 19.3 Å². The van der Waals surface area contributed by atoms with Gasteiger partial charge < -0.3 is 19.9 Å². The molecule has 1 atom stereocenters. The van der Waals surface area contributed by atoms with Crippen molar-refractivity contribution in [1.82, 2.24) is 10.3 Å². The third-order valence-corrected chi connectivity index (χ3v) is 2.67. The van der Waals surface area contributed by atoms with Crippen LogP contribution in [0.5, 0.6) is 0 Å². The molecule has 0 aromatic carbocycles. The zero-order valence-electron chi connectivity index (χ0n) is 9.96. The van der Waals surface area contributed by atoms with E-state index in [1.807, 2.05) is 0 Å². The molecule has 18 heavy (non-hydrogen) atoms. The average Bonchev–Trinajstić information content (AvgIpc) is 2.40. The fraction of sp³-hybridized carbons (Fsp3) is 0.500. The second-order valence-electron chi connectivity index (χ2n) is 4.00. The highest BCUT2D eigenvalue weighted by Gasteiger charge is 2.15. The van der Waals surface area contributed by atoms with Crippen LogP contribution in [0.25, 0.3) is 0 Å². The molecule has 0 spiro atoms. The molecule has 1 aliphatic heterocycles. The highest BCUT2D eigenvalue weighted by Crippen LogP contribution is 2.05. The first-order valence-corrected chi connectivity index (χ1v) is 5.84. The average molecular weight is 252 g/mol. The number of ether oxygens (including phenoxy) is 2. The molecule has 0 radical (unpaired) electrons. The summed E-state index contributed by atoms with van der Waals surface area (Å²) in [4.78, 5) is 15.0. The van der Waals surface area contributed by atoms with Crippen LogP contribution in [0.4, 0.5) is 0 Å². The van der Waals surface area contributed by atoms with E-state index in [-0.39, 0.29) is 11.7 Å². The lowest BCUT2D eigenvalue weighted by Crippen LogP contribution is -2.37. The molecule has 1 unspecified atom stereocenters. The lowest BCUT2D eigenvalue weighted by Gasteiger charge is -2.23. The smallest absolute Gasteiger partial charge is 0.337 e. The van der Waals surface area contributed by atoms with Gasteiger partial charge in [0.05, 0.1) is 37.2 Å². The van der Waals surface area contributed by atoms with E-state index in [9.17, 15) is 4.79 Å². The molecule has 0 aliphatic carbocycles. The van der Waals surface area contributed by atoms with E-state index >= 15 is 0 Å². The predicted molar refractivity (Wildman–Crippen MR) is 63.5 cm³/mol. The summed E-state index contributed by atoms with van der Waals surface area (Å²) in [6, 6.07) is 3.16. The SMILES string of the molecule is O=C(O)c1cccnc1CNCC1COCCO1. The quantitative estimate of drug-likeness (QED) is 0.783. The minimum Gasteiger partial charge on any atom is -0.478 e. The van der Waals surface area contributed by atoms with Crippen LogP contribution in [0.3, 0.4) is 0 Å². The Labute approximate surface area is 105 Å². The molecule has 98 valence electrons. The molecule has 2 heterocycles. The molecular formula is C12H16N2O4. The van der Waals surface area contributed by atoms with Crippen molar-refractivity contribution in [3.8, 4) is 0 Å². The highest BCUT2D eigenvalue weighted by molar-refractivity contribution is 5.88. The molecule has 6 heteroatoms. The fourth-order valence-electron chi connectivity index (χ4n) is 1.78. The van der Waals surface area contributed by atoms with Crippen LogP contribution in [-0.4, -0.2) is 48.5 Å². The van der Waals surface area contributed by atoms with E-state index in [2.05, 4.69) is 10.3 Å². The number of pyridine rings is 1. The number of carboxylic acid groups (broad SMARTS) is 1. The third-order valence-electron chi connectivity index (χ3n) is 2.67. The molecule has 0 saturated carbocycles. The van der Waals surface area contributed by atoms with Gasteiger partial charge in [-0.25, -0.2) is 4.79 Å². The number of carbonyl (C=O) groups is 1. The summed E-state index contributed by atoms with van der Waals surface area (Å²) in [6.45, 7) is 2.84. The van der Waals surface area contributed by atoms with Crippen LogP contribution >= 0.6 is 0 Å². The van der Waals surface area contributed by atoms with Gasteiger partial charge in [0.25, 0.3) is 0 Å². The molecule has 1 fully saturated rings. The lowest BCUT2D eigenvalue weighted by atomic mass is 10.2. The van der Waals surface area contributed by atoms with Crippen LogP contribution in [0.1, 0.15) is 16.1 Å². The maximum atomic E-state index is 11.0. The molecule has 2 rings (SSSR count). The van der Waals surface area contributed by atoms with Crippen LogP contribution in [0, 0.1) is 0 Å². The van der Waals surface area contributed by atoms with Gasteiger partial charge in [-0.15, -0.1) is 0 Å². The monoisotopic (exact) mass is 252 g/mol. The topological polar surface area (TPSA) is 80.7 Å². The van der Waals surface area contributed by atoms with E-state index in [0.717, 1.165) is 0 Å². The molecule has 1 aliphatic rings. The second-order valence-corrected chi connectivity index (χ2v) is 4.00. The number of nitrogens with one attached hydrogen (secondary N) is 1. The summed E-state index contributed by atoms with van der Waals surface area (Å²) >= 11 is 0. The predicted octanol–water partition coefficient (Wildman–Crippen LogP) is 0.285. The normalized spacial score (nSPS) is 19.7. The molecule has 0 amide bonds. The van der Waals surface area contributed by atoms with Crippen molar-refractivity contribution in [3.63, 3.8) is 0 Å². The van der Waals surface area contributed by atoms with Crippen LogP contribution < -0.4 is 5.32 Å². The Morgan fingerprint density at radius 2 is 2.44 bits per heavy atom. The highest BCUT2D eigenvalue weighted by atomic mass is 16.6. The van der Waals surface area contributed by atoms with Crippen molar-refractivity contribution in [2.45, 2.75) is 12.6 Å². The van der Waals surface area contributed by atoms with Gasteiger partial charge in [0.1, 0.15) is 0 Å². The molecule has 0 bridgehead atoms. The van der Waals surface area contributed by atoms with Crippen molar-refractivity contribution in [2.24, 2.45) is 0 Å². The number of aromatic carboxylic acids is 1. The summed E-state index contributed by atoms with van der Waals surface area (Å²) in [5.74, 6) is -0.961. The van der Waals surface area contributed by atoms with Crippen molar-refractivity contribution < 1.29 is 19.4 Å². The van der Waals surface area contributed by atoms with Gasteiger partial charge in [-0.2, -0.15) is 0 Å². The standard InChI is InChI=1S/C12H16N2O4/c15-12(16)10-2-1-3-14-11(10)7-13-6-9-8-17-4-5-18-9/h1-3,9,13H,4-8H2,(H,15,16). The number of hydrogen-bond acceptors (Lipinski definition) is 5. The van der Waals surface area contributed by atoms with E-state index in [4.69, 9.17) is 14.6 Å². The first-order valence-electron chi connectivity index (χ1n) is 5.84. The number of nitrogens with zero attached hydrogens (tertiary/aromatic N) is 1. The zero-order chi connectivity index (χ0) is 12.8. The molecular weight excluding hydrogens is 236 g/mol. The van der Waals surface area contributed by atoms with E-state index in [1.165, 1.54) is 0 Å². The van der Waals surface area contributed by atoms with Crippen molar-refractivity contribution >= 4 is 5.97 Å². The second kappa shape index (κ2) is 6.44. The fourth-order valence-corrected chi connectivity index (χ4v) is 1.78. The van der Waals surface area contributed by atoms with E-state index < -0.39 is 5.97 Å². The van der Waals surface area contributed by atoms with Gasteiger partial charge in [-0.3, -0.25) is 4.98 Å². The van der Waals surface area contributed by atoms with Gasteiger partial charge >= 0.3 is 5.97 Å². The first kappa shape index (κ1) is 12.9. The Balaban J connectivity index is 1.84.